The van der Waals surface area contributed by atoms with Gasteiger partial charge in [0, 0.05) is 11.5 Å². The Morgan fingerprint density at radius 3 is 2.32 bits per heavy atom. The Bertz CT molecular complexity index is 756. The first-order chi connectivity index (χ1) is 14.4. The van der Waals surface area contributed by atoms with E-state index in [-0.39, 0.29) is 5.41 Å². The van der Waals surface area contributed by atoms with Crippen molar-refractivity contribution < 1.29 is 8.85 Å². The molecule has 3 saturated carbocycles. The van der Waals surface area contributed by atoms with Crippen molar-refractivity contribution in [3.8, 4) is 0 Å². The molecule has 0 radical (unpaired) electrons. The second kappa shape index (κ2) is 8.02. The van der Waals surface area contributed by atoms with Gasteiger partial charge in [0.2, 0.25) is 8.32 Å². The highest BCUT2D eigenvalue weighted by Gasteiger charge is 2.59. The fraction of sp³-hybridized carbons (Fsp3) is 0.778. The van der Waals surface area contributed by atoms with E-state index in [1.165, 1.54) is 57.1 Å². The molecule has 31 heavy (non-hydrogen) atoms. The molecule has 2 nitrogen and oxygen atoms in total. The van der Waals surface area contributed by atoms with Crippen LogP contribution in [-0.2, 0) is 8.85 Å². The number of allylic oxidation sites excluding steroid dienone is 2. The average Bonchev–Trinajstić information content (AvgIpc) is 3.04. The van der Waals surface area contributed by atoms with Crippen molar-refractivity contribution in [2.24, 2.45) is 34.5 Å². The summed E-state index contributed by atoms with van der Waals surface area (Å²) in [7, 11) is -3.50. The Kier molecular flexibility index (Phi) is 6.10. The van der Waals surface area contributed by atoms with Gasteiger partial charge in [0.05, 0.1) is 5.76 Å². The molecule has 4 aliphatic carbocycles. The van der Waals surface area contributed by atoms with Crippen LogP contribution in [0.3, 0.4) is 0 Å². The molecule has 0 saturated heterocycles. The van der Waals surface area contributed by atoms with Crippen LogP contribution in [0.5, 0.6) is 0 Å². The maximum absolute atomic E-state index is 6.66. The summed E-state index contributed by atoms with van der Waals surface area (Å²) in [5, 5.41) is 0. The zero-order valence-corrected chi connectivity index (χ0v) is 23.0. The van der Waals surface area contributed by atoms with E-state index >= 15 is 0 Å². The second-order valence-electron chi connectivity index (χ2n) is 12.6. The van der Waals surface area contributed by atoms with Crippen LogP contribution in [0.1, 0.15) is 65.2 Å². The van der Waals surface area contributed by atoms with Gasteiger partial charge in [-0.2, -0.15) is 0 Å². The highest BCUT2D eigenvalue weighted by Crippen LogP contribution is 2.66. The van der Waals surface area contributed by atoms with E-state index in [0.717, 1.165) is 23.7 Å². The Balaban J connectivity index is 1.48. The van der Waals surface area contributed by atoms with E-state index < -0.39 is 16.6 Å². The highest BCUT2D eigenvalue weighted by molar-refractivity contribution is 6.76. The van der Waals surface area contributed by atoms with Gasteiger partial charge in [0.1, 0.15) is 0 Å². The molecule has 4 rings (SSSR count). The molecular formula is C27H46O2Si2. The van der Waals surface area contributed by atoms with E-state index in [9.17, 15) is 0 Å². The van der Waals surface area contributed by atoms with Gasteiger partial charge in [-0.1, -0.05) is 25.2 Å². The van der Waals surface area contributed by atoms with Crippen LogP contribution in [0, 0.1) is 34.5 Å². The van der Waals surface area contributed by atoms with Crippen LogP contribution < -0.4 is 0 Å². The largest absolute Gasteiger partial charge is 0.543 e. The molecule has 0 amide bonds. The molecule has 174 valence electrons. The standard InChI is InChI=1S/C27H46O2Si2/c1-9-30(5,6)28-21-15-17-26(3)20(19-21)11-12-22-23-13-14-25(29-31(7,8)10-2)27(23,4)18-16-24(22)26/h9-10,14,20-24H,1-2,11-13,15-19H2,3-8H3/t20-,21+,22?,23?,24?,26+,27+/m1/s1. The van der Waals surface area contributed by atoms with Gasteiger partial charge in [0.15, 0.2) is 0 Å². The third-order valence-electron chi connectivity index (χ3n) is 9.95. The molecule has 0 aromatic carbocycles. The van der Waals surface area contributed by atoms with Crippen LogP contribution in [0.15, 0.2) is 36.4 Å². The maximum Gasteiger partial charge on any atom is 0.268 e. The summed E-state index contributed by atoms with van der Waals surface area (Å²) in [6, 6.07) is 0. The normalized spacial score (nSPS) is 42.6. The first kappa shape index (κ1) is 23.6. The van der Waals surface area contributed by atoms with Gasteiger partial charge in [0.25, 0.3) is 8.32 Å². The molecule has 0 aromatic rings. The van der Waals surface area contributed by atoms with E-state index in [4.69, 9.17) is 8.85 Å². The third-order valence-corrected chi connectivity index (χ3v) is 13.6. The highest BCUT2D eigenvalue weighted by atomic mass is 28.4. The Labute approximate surface area is 193 Å². The van der Waals surface area contributed by atoms with Crippen LogP contribution in [-0.4, -0.2) is 22.7 Å². The fourth-order valence-electron chi connectivity index (χ4n) is 7.81. The van der Waals surface area contributed by atoms with Gasteiger partial charge >= 0.3 is 0 Å². The fourth-order valence-corrected chi connectivity index (χ4v) is 9.95. The van der Waals surface area contributed by atoms with E-state index in [1.54, 1.807) is 0 Å². The van der Waals surface area contributed by atoms with E-state index in [1.807, 2.05) is 0 Å². The minimum Gasteiger partial charge on any atom is -0.543 e. The SMILES string of the molecule is C=C[Si](C)(C)OC1=CCC2C3CC[C@@H]4C[C@@H](O[Si](C)(C)C=C)CC[C@]4(C)C3CC[C@]12C. The molecule has 0 N–H and O–H groups in total. The van der Waals surface area contributed by atoms with Crippen molar-refractivity contribution in [3.63, 3.8) is 0 Å². The molecule has 4 aliphatic rings. The van der Waals surface area contributed by atoms with Crippen molar-refractivity contribution in [1.82, 2.24) is 0 Å². The van der Waals surface area contributed by atoms with Crippen LogP contribution in [0.4, 0.5) is 0 Å². The summed E-state index contributed by atoms with van der Waals surface area (Å²) in [4.78, 5) is 0. The maximum atomic E-state index is 6.66. The molecule has 3 unspecified atom stereocenters. The molecule has 0 heterocycles. The molecule has 0 aliphatic heterocycles. The minimum absolute atomic E-state index is 0.248. The van der Waals surface area contributed by atoms with Gasteiger partial charge < -0.3 is 8.85 Å². The van der Waals surface area contributed by atoms with Gasteiger partial charge in [-0.15, -0.1) is 13.2 Å². The number of rotatable bonds is 6. The van der Waals surface area contributed by atoms with Gasteiger partial charge in [-0.3, -0.25) is 0 Å². The molecule has 0 bridgehead atoms. The van der Waals surface area contributed by atoms with Gasteiger partial charge in [-0.05, 0) is 113 Å². The lowest BCUT2D eigenvalue weighted by Crippen LogP contribution is -2.54. The first-order valence-corrected chi connectivity index (χ1v) is 18.8. The molecular weight excluding hydrogens is 412 g/mol. The molecule has 3 fully saturated rings. The predicted octanol–water partition coefficient (Wildman–Crippen LogP) is 7.79. The summed E-state index contributed by atoms with van der Waals surface area (Å²) < 4.78 is 13.3. The van der Waals surface area contributed by atoms with Crippen molar-refractivity contribution in [1.29, 1.82) is 0 Å². The van der Waals surface area contributed by atoms with Crippen molar-refractivity contribution in [2.75, 3.05) is 0 Å². The predicted molar refractivity (Wildman–Crippen MR) is 137 cm³/mol. The average molecular weight is 459 g/mol. The summed E-state index contributed by atoms with van der Waals surface area (Å²) in [5.41, 5.74) is 4.93. The zero-order valence-electron chi connectivity index (χ0n) is 21.0. The lowest BCUT2D eigenvalue weighted by atomic mass is 9.45. The van der Waals surface area contributed by atoms with E-state index in [0.29, 0.717) is 11.5 Å². The number of hydrogen-bond acceptors (Lipinski definition) is 2. The number of hydrogen-bond donors (Lipinski definition) is 0. The number of fused-ring (bicyclic) bond motifs is 5. The Morgan fingerprint density at radius 1 is 0.935 bits per heavy atom. The quantitative estimate of drug-likeness (QED) is 0.378. The van der Waals surface area contributed by atoms with Crippen molar-refractivity contribution in [3.05, 3.63) is 36.4 Å². The smallest absolute Gasteiger partial charge is 0.268 e. The van der Waals surface area contributed by atoms with Gasteiger partial charge in [-0.25, -0.2) is 0 Å². The minimum atomic E-state index is -1.80. The molecule has 0 aromatic heterocycles. The van der Waals surface area contributed by atoms with Crippen molar-refractivity contribution in [2.45, 2.75) is 97.5 Å². The van der Waals surface area contributed by atoms with Crippen LogP contribution >= 0.6 is 0 Å². The summed E-state index contributed by atoms with van der Waals surface area (Å²) >= 11 is 0. The summed E-state index contributed by atoms with van der Waals surface area (Å²) in [5.74, 6) is 4.67. The molecule has 4 heteroatoms. The van der Waals surface area contributed by atoms with E-state index in [2.05, 4.69) is 70.7 Å². The first-order valence-electron chi connectivity index (χ1n) is 12.8. The second-order valence-corrected chi connectivity index (χ2v) is 20.3. The Morgan fingerprint density at radius 2 is 1.65 bits per heavy atom. The topological polar surface area (TPSA) is 18.5 Å². The zero-order chi connectivity index (χ0) is 22.7. The summed E-state index contributed by atoms with van der Waals surface area (Å²) in [6.45, 7) is 22.4. The summed E-state index contributed by atoms with van der Waals surface area (Å²) in [6.07, 6.45) is 13.5. The van der Waals surface area contributed by atoms with Crippen LogP contribution in [0.25, 0.3) is 0 Å². The monoisotopic (exact) mass is 458 g/mol. The molecule has 7 atom stereocenters. The van der Waals surface area contributed by atoms with Crippen molar-refractivity contribution >= 4 is 16.6 Å². The lowest BCUT2D eigenvalue weighted by molar-refractivity contribution is -0.119. The lowest BCUT2D eigenvalue weighted by Gasteiger charge is -2.61. The third kappa shape index (κ3) is 4.10. The Hall–Kier alpha value is -0.586. The van der Waals surface area contributed by atoms with Crippen LogP contribution in [0.2, 0.25) is 26.2 Å². The molecule has 0 spiro atoms.